The fraction of sp³-hybridized carbons (Fsp3) is 0.200. The molecular formula is C10H12N. The molecule has 1 heteroatoms. The largest absolute Gasteiger partial charge is 0.257 e. The van der Waals surface area contributed by atoms with Gasteiger partial charge in [-0.05, 0) is 25.0 Å². The molecule has 1 rings (SSSR count). The van der Waals surface area contributed by atoms with Gasteiger partial charge in [0.2, 0.25) is 0 Å². The molecule has 1 nitrogen and oxygen atoms in total. The Kier molecular flexibility index (Phi) is 2.32. The van der Waals surface area contributed by atoms with Gasteiger partial charge in [0.05, 0.1) is 5.69 Å². The molecule has 0 bridgehead atoms. The van der Waals surface area contributed by atoms with E-state index in [1.807, 2.05) is 6.07 Å². The molecule has 0 saturated heterocycles. The smallest absolute Gasteiger partial charge is 0.0687 e. The van der Waals surface area contributed by atoms with E-state index in [-0.39, 0.29) is 0 Å². The number of aryl methyl sites for hydroxylation is 2. The summed E-state index contributed by atoms with van der Waals surface area (Å²) in [6.07, 6.45) is 1.58. The summed E-state index contributed by atoms with van der Waals surface area (Å²) in [4.78, 5) is 0. The summed E-state index contributed by atoms with van der Waals surface area (Å²) in [6.45, 7) is 7.67. The molecule has 0 heterocycles. The number of hydrogen-bond acceptors (Lipinski definition) is 0. The highest BCUT2D eigenvalue weighted by atomic mass is 14.8. The molecule has 0 amide bonds. The lowest BCUT2D eigenvalue weighted by Crippen LogP contribution is -1.91. The highest BCUT2D eigenvalue weighted by molar-refractivity contribution is 5.51. The molecule has 1 aromatic carbocycles. The number of benzene rings is 1. The van der Waals surface area contributed by atoms with Crippen LogP contribution in [0.15, 0.2) is 31.0 Å². The van der Waals surface area contributed by atoms with Gasteiger partial charge in [-0.2, -0.15) is 0 Å². The first-order chi connectivity index (χ1) is 5.25. The van der Waals surface area contributed by atoms with E-state index in [0.29, 0.717) is 0 Å². The van der Waals surface area contributed by atoms with Crippen LogP contribution < -0.4 is 5.32 Å². The van der Waals surface area contributed by atoms with Gasteiger partial charge in [-0.15, -0.1) is 0 Å². The van der Waals surface area contributed by atoms with E-state index in [2.05, 4.69) is 37.9 Å². The van der Waals surface area contributed by atoms with Crippen molar-refractivity contribution in [3.8, 4) is 0 Å². The van der Waals surface area contributed by atoms with Gasteiger partial charge < -0.3 is 0 Å². The minimum Gasteiger partial charge on any atom is -0.257 e. The fourth-order valence-electron chi connectivity index (χ4n) is 1.10. The zero-order valence-corrected chi connectivity index (χ0v) is 6.96. The van der Waals surface area contributed by atoms with E-state index >= 15 is 0 Å². The molecule has 0 saturated carbocycles. The standard InChI is InChI=1S/C10H12N/c1-4-11-10-8(2)6-5-7-9(10)3/h4-7H,1H2,2-3H3. The first-order valence-electron chi connectivity index (χ1n) is 3.63. The number of nitrogens with zero attached hydrogens (tertiary/aromatic N) is 1. The topological polar surface area (TPSA) is 14.1 Å². The maximum atomic E-state index is 4.17. The normalized spacial score (nSPS) is 9.27. The lowest BCUT2D eigenvalue weighted by atomic mass is 10.1. The molecule has 0 N–H and O–H groups in total. The Labute approximate surface area is 67.8 Å². The van der Waals surface area contributed by atoms with Crippen molar-refractivity contribution in [1.29, 1.82) is 0 Å². The number of para-hydroxylation sites is 1. The minimum absolute atomic E-state index is 1.04. The summed E-state index contributed by atoms with van der Waals surface area (Å²) < 4.78 is 0. The summed E-state index contributed by atoms with van der Waals surface area (Å²) in [7, 11) is 0. The first kappa shape index (κ1) is 7.86. The molecule has 0 aromatic heterocycles. The van der Waals surface area contributed by atoms with Crippen LogP contribution in [0.1, 0.15) is 11.1 Å². The predicted molar refractivity (Wildman–Crippen MR) is 47.9 cm³/mol. The lowest BCUT2D eigenvalue weighted by Gasteiger charge is -2.05. The SMILES string of the molecule is C=C[N]c1c(C)cccc1C. The van der Waals surface area contributed by atoms with Gasteiger partial charge in [-0.1, -0.05) is 24.8 Å². The van der Waals surface area contributed by atoms with Crippen LogP contribution in [0.4, 0.5) is 5.69 Å². The van der Waals surface area contributed by atoms with Crippen molar-refractivity contribution in [2.75, 3.05) is 0 Å². The van der Waals surface area contributed by atoms with Crippen molar-refractivity contribution < 1.29 is 0 Å². The van der Waals surface area contributed by atoms with Crippen LogP contribution in [0.3, 0.4) is 0 Å². The third-order valence-electron chi connectivity index (χ3n) is 1.66. The monoisotopic (exact) mass is 146 g/mol. The molecule has 1 radical (unpaired) electrons. The highest BCUT2D eigenvalue weighted by Gasteiger charge is 1.98. The van der Waals surface area contributed by atoms with Crippen LogP contribution in [-0.4, -0.2) is 0 Å². The summed E-state index contributed by atoms with van der Waals surface area (Å²) in [5.74, 6) is 0. The van der Waals surface area contributed by atoms with Crippen LogP contribution in [0.5, 0.6) is 0 Å². The molecule has 0 aliphatic heterocycles. The van der Waals surface area contributed by atoms with E-state index in [9.17, 15) is 0 Å². The molecule has 57 valence electrons. The maximum Gasteiger partial charge on any atom is 0.0687 e. The van der Waals surface area contributed by atoms with Crippen molar-refractivity contribution in [3.63, 3.8) is 0 Å². The zero-order chi connectivity index (χ0) is 8.27. The molecule has 1 aromatic rings. The van der Waals surface area contributed by atoms with Gasteiger partial charge in [-0.3, -0.25) is 5.32 Å². The van der Waals surface area contributed by atoms with Gasteiger partial charge in [-0.25, -0.2) is 0 Å². The van der Waals surface area contributed by atoms with Crippen molar-refractivity contribution in [2.45, 2.75) is 13.8 Å². The zero-order valence-electron chi connectivity index (χ0n) is 6.96. The lowest BCUT2D eigenvalue weighted by molar-refractivity contribution is 1.13. The van der Waals surface area contributed by atoms with Crippen molar-refractivity contribution in [3.05, 3.63) is 42.1 Å². The molecule has 0 aliphatic rings. The maximum absolute atomic E-state index is 4.17. The van der Waals surface area contributed by atoms with E-state index < -0.39 is 0 Å². The Morgan fingerprint density at radius 3 is 2.27 bits per heavy atom. The van der Waals surface area contributed by atoms with E-state index in [1.165, 1.54) is 11.1 Å². The molecule has 0 spiro atoms. The third kappa shape index (κ3) is 1.61. The Bertz CT molecular complexity index is 243. The fourth-order valence-corrected chi connectivity index (χ4v) is 1.10. The summed E-state index contributed by atoms with van der Waals surface area (Å²) in [5.41, 5.74) is 3.44. The minimum atomic E-state index is 1.04. The summed E-state index contributed by atoms with van der Waals surface area (Å²) >= 11 is 0. The van der Waals surface area contributed by atoms with Crippen molar-refractivity contribution >= 4 is 5.69 Å². The van der Waals surface area contributed by atoms with Gasteiger partial charge in [0, 0.05) is 6.20 Å². The third-order valence-corrected chi connectivity index (χ3v) is 1.66. The van der Waals surface area contributed by atoms with E-state index in [0.717, 1.165) is 5.69 Å². The van der Waals surface area contributed by atoms with E-state index in [1.54, 1.807) is 6.20 Å². The second-order valence-electron chi connectivity index (χ2n) is 2.55. The Morgan fingerprint density at radius 2 is 1.82 bits per heavy atom. The Morgan fingerprint density at radius 1 is 1.27 bits per heavy atom. The molecule has 11 heavy (non-hydrogen) atoms. The Hall–Kier alpha value is -1.24. The molecule has 0 aliphatic carbocycles. The predicted octanol–water partition coefficient (Wildman–Crippen LogP) is 2.68. The molecular weight excluding hydrogens is 134 g/mol. The van der Waals surface area contributed by atoms with Crippen LogP contribution in [0.2, 0.25) is 0 Å². The average molecular weight is 146 g/mol. The number of hydrogen-bond donors (Lipinski definition) is 0. The van der Waals surface area contributed by atoms with Gasteiger partial charge in [0.15, 0.2) is 0 Å². The average Bonchev–Trinajstić information content (AvgIpc) is 1.97. The molecule has 0 fully saturated rings. The first-order valence-corrected chi connectivity index (χ1v) is 3.63. The Balaban J connectivity index is 3.09. The van der Waals surface area contributed by atoms with Crippen LogP contribution >= 0.6 is 0 Å². The quantitative estimate of drug-likeness (QED) is 0.609. The van der Waals surface area contributed by atoms with Crippen molar-refractivity contribution in [2.24, 2.45) is 0 Å². The van der Waals surface area contributed by atoms with Gasteiger partial charge in [0.1, 0.15) is 0 Å². The van der Waals surface area contributed by atoms with Crippen LogP contribution in [-0.2, 0) is 0 Å². The van der Waals surface area contributed by atoms with Crippen LogP contribution in [0, 0.1) is 13.8 Å². The number of rotatable bonds is 2. The second-order valence-corrected chi connectivity index (χ2v) is 2.55. The van der Waals surface area contributed by atoms with Crippen molar-refractivity contribution in [1.82, 2.24) is 5.32 Å². The summed E-state index contributed by atoms with van der Waals surface area (Å²) in [6, 6.07) is 6.14. The highest BCUT2D eigenvalue weighted by Crippen LogP contribution is 2.18. The van der Waals surface area contributed by atoms with Gasteiger partial charge in [0.25, 0.3) is 0 Å². The second kappa shape index (κ2) is 3.24. The summed E-state index contributed by atoms with van der Waals surface area (Å²) in [5, 5.41) is 4.17. The van der Waals surface area contributed by atoms with Gasteiger partial charge >= 0.3 is 0 Å². The van der Waals surface area contributed by atoms with E-state index in [4.69, 9.17) is 0 Å². The molecule has 0 atom stereocenters. The molecule has 0 unspecified atom stereocenters. The van der Waals surface area contributed by atoms with Crippen LogP contribution in [0.25, 0.3) is 0 Å².